The normalized spacial score (nSPS) is 16.7. The summed E-state index contributed by atoms with van der Waals surface area (Å²) in [5.74, 6) is 0.781. The van der Waals surface area contributed by atoms with Crippen LogP contribution in [-0.2, 0) is 0 Å². The van der Waals surface area contributed by atoms with Crippen LogP contribution in [0, 0.1) is 0 Å². The van der Waals surface area contributed by atoms with Gasteiger partial charge in [0.2, 0.25) is 0 Å². The smallest absolute Gasteiger partial charge is 0.312 e. The minimum absolute atomic E-state index is 0.0934. The maximum atomic E-state index is 13.1. The second-order valence-electron chi connectivity index (χ2n) is 6.46. The van der Waals surface area contributed by atoms with Crippen LogP contribution in [0.4, 0.5) is 4.79 Å². The average molecular weight is 398 g/mol. The molecule has 8 heteroatoms. The highest BCUT2D eigenvalue weighted by molar-refractivity contribution is 6.32. The standard InChI is InChI=1S/C19H28ClN3O4/c1-3-9-27-17-15(20)10-13(11-16(17)26-4-2)18(24)23-8-6-5-7-14(23)12-22-19(21)25/h10-11,14H,3-9,12H2,1-2H3,(H3,21,22,25). The molecule has 1 atom stereocenters. The SMILES string of the molecule is CCCOc1c(Cl)cc(C(=O)N2CCCCC2CNC(N)=O)cc1OCC. The number of benzene rings is 1. The van der Waals surface area contributed by atoms with Gasteiger partial charge in [-0.15, -0.1) is 0 Å². The maximum absolute atomic E-state index is 13.1. The first kappa shape index (κ1) is 21.2. The van der Waals surface area contributed by atoms with Crippen molar-refractivity contribution >= 4 is 23.5 Å². The Morgan fingerprint density at radius 3 is 2.74 bits per heavy atom. The molecule has 0 aliphatic carbocycles. The maximum Gasteiger partial charge on any atom is 0.312 e. The lowest BCUT2D eigenvalue weighted by Gasteiger charge is -2.36. The van der Waals surface area contributed by atoms with E-state index in [1.807, 2.05) is 13.8 Å². The van der Waals surface area contributed by atoms with Crippen LogP contribution in [0.25, 0.3) is 0 Å². The molecule has 3 N–H and O–H groups in total. The number of ether oxygens (including phenoxy) is 2. The van der Waals surface area contributed by atoms with Crippen molar-refractivity contribution in [3.63, 3.8) is 0 Å². The van der Waals surface area contributed by atoms with E-state index < -0.39 is 6.03 Å². The monoisotopic (exact) mass is 397 g/mol. The number of primary amides is 1. The van der Waals surface area contributed by atoms with Crippen molar-refractivity contribution in [3.05, 3.63) is 22.7 Å². The number of likely N-dealkylation sites (tertiary alicyclic amines) is 1. The van der Waals surface area contributed by atoms with Gasteiger partial charge in [0, 0.05) is 24.7 Å². The summed E-state index contributed by atoms with van der Waals surface area (Å²) in [5.41, 5.74) is 5.61. The molecule has 1 fully saturated rings. The molecule has 1 aliphatic heterocycles. The van der Waals surface area contributed by atoms with Gasteiger partial charge in [0.15, 0.2) is 11.5 Å². The number of nitrogens with two attached hydrogens (primary N) is 1. The van der Waals surface area contributed by atoms with E-state index in [1.54, 1.807) is 17.0 Å². The largest absolute Gasteiger partial charge is 0.490 e. The average Bonchev–Trinajstić information content (AvgIpc) is 2.65. The molecule has 3 amide bonds. The Balaban J connectivity index is 2.26. The molecule has 1 unspecified atom stereocenters. The number of urea groups is 1. The topological polar surface area (TPSA) is 93.9 Å². The lowest BCUT2D eigenvalue weighted by atomic mass is 10.0. The Morgan fingerprint density at radius 2 is 2.07 bits per heavy atom. The lowest BCUT2D eigenvalue weighted by molar-refractivity contribution is 0.0614. The molecule has 1 heterocycles. The highest BCUT2D eigenvalue weighted by atomic mass is 35.5. The first-order valence-electron chi connectivity index (χ1n) is 9.41. The van der Waals surface area contributed by atoms with Crippen molar-refractivity contribution in [2.75, 3.05) is 26.3 Å². The van der Waals surface area contributed by atoms with Crippen LogP contribution in [0.15, 0.2) is 12.1 Å². The molecule has 0 radical (unpaired) electrons. The van der Waals surface area contributed by atoms with Gasteiger partial charge in [-0.2, -0.15) is 0 Å². The van der Waals surface area contributed by atoms with Crippen molar-refractivity contribution < 1.29 is 19.1 Å². The van der Waals surface area contributed by atoms with Crippen molar-refractivity contribution in [2.24, 2.45) is 5.73 Å². The third-order valence-electron chi connectivity index (χ3n) is 4.41. The summed E-state index contributed by atoms with van der Waals surface area (Å²) in [6, 6.07) is 2.61. The van der Waals surface area contributed by atoms with E-state index in [9.17, 15) is 9.59 Å². The minimum atomic E-state index is -0.591. The zero-order chi connectivity index (χ0) is 19.8. The number of rotatable bonds is 8. The molecule has 0 spiro atoms. The first-order valence-corrected chi connectivity index (χ1v) is 9.79. The second kappa shape index (κ2) is 10.3. The Hall–Kier alpha value is -2.15. The fourth-order valence-electron chi connectivity index (χ4n) is 3.16. The van der Waals surface area contributed by atoms with E-state index in [0.29, 0.717) is 48.4 Å². The van der Waals surface area contributed by atoms with Gasteiger partial charge in [-0.3, -0.25) is 4.79 Å². The summed E-state index contributed by atoms with van der Waals surface area (Å²) in [7, 11) is 0. The number of nitrogens with one attached hydrogen (secondary N) is 1. The molecule has 1 saturated heterocycles. The molecular weight excluding hydrogens is 370 g/mol. The Labute approximate surface area is 165 Å². The fraction of sp³-hybridized carbons (Fsp3) is 0.579. The summed E-state index contributed by atoms with van der Waals surface area (Å²) in [6.45, 7) is 5.78. The quantitative estimate of drug-likeness (QED) is 0.704. The first-order chi connectivity index (χ1) is 13.0. The second-order valence-corrected chi connectivity index (χ2v) is 6.87. The van der Waals surface area contributed by atoms with E-state index in [0.717, 1.165) is 25.7 Å². The van der Waals surface area contributed by atoms with Crippen LogP contribution in [0.2, 0.25) is 5.02 Å². The summed E-state index contributed by atoms with van der Waals surface area (Å²) in [5, 5.41) is 2.95. The van der Waals surface area contributed by atoms with Crippen LogP contribution in [0.1, 0.15) is 49.9 Å². The molecule has 150 valence electrons. The van der Waals surface area contributed by atoms with Crippen LogP contribution in [0.3, 0.4) is 0 Å². The highest BCUT2D eigenvalue weighted by Crippen LogP contribution is 2.37. The number of hydrogen-bond acceptors (Lipinski definition) is 4. The number of carbonyl (C=O) groups is 2. The van der Waals surface area contributed by atoms with Crippen LogP contribution in [0.5, 0.6) is 11.5 Å². The van der Waals surface area contributed by atoms with Gasteiger partial charge < -0.3 is 25.4 Å². The summed E-state index contributed by atoms with van der Waals surface area (Å²) in [4.78, 5) is 25.9. The van der Waals surface area contributed by atoms with Crippen molar-refractivity contribution in [1.82, 2.24) is 10.2 Å². The van der Waals surface area contributed by atoms with Gasteiger partial charge in [0.05, 0.1) is 18.2 Å². The number of halogens is 1. The molecule has 1 aliphatic rings. The molecule has 0 bridgehead atoms. The molecule has 0 aromatic heterocycles. The van der Waals surface area contributed by atoms with Gasteiger partial charge in [0.25, 0.3) is 5.91 Å². The Bertz CT molecular complexity index is 669. The Morgan fingerprint density at radius 1 is 1.30 bits per heavy atom. The molecule has 1 aromatic rings. The van der Waals surface area contributed by atoms with E-state index in [4.69, 9.17) is 26.8 Å². The highest BCUT2D eigenvalue weighted by Gasteiger charge is 2.29. The zero-order valence-electron chi connectivity index (χ0n) is 15.9. The van der Waals surface area contributed by atoms with Gasteiger partial charge >= 0.3 is 6.03 Å². The Kier molecular flexibility index (Phi) is 8.03. The number of carbonyl (C=O) groups excluding carboxylic acids is 2. The predicted molar refractivity (Wildman–Crippen MR) is 105 cm³/mol. The molecule has 0 saturated carbocycles. The van der Waals surface area contributed by atoms with Gasteiger partial charge in [-0.05, 0) is 44.7 Å². The van der Waals surface area contributed by atoms with Crippen LogP contribution in [-0.4, -0.2) is 49.2 Å². The summed E-state index contributed by atoms with van der Waals surface area (Å²) < 4.78 is 11.3. The van der Waals surface area contributed by atoms with E-state index in [1.165, 1.54) is 0 Å². The number of amides is 3. The van der Waals surface area contributed by atoms with Gasteiger partial charge in [-0.1, -0.05) is 18.5 Å². The molecular formula is C19H28ClN3O4. The van der Waals surface area contributed by atoms with Crippen molar-refractivity contribution in [3.8, 4) is 11.5 Å². The molecule has 2 rings (SSSR count). The fourth-order valence-corrected chi connectivity index (χ4v) is 3.43. The lowest BCUT2D eigenvalue weighted by Crippen LogP contribution is -2.50. The predicted octanol–water partition coefficient (Wildman–Crippen LogP) is 3.19. The van der Waals surface area contributed by atoms with E-state index >= 15 is 0 Å². The zero-order valence-corrected chi connectivity index (χ0v) is 16.7. The molecule has 27 heavy (non-hydrogen) atoms. The van der Waals surface area contributed by atoms with Crippen LogP contribution >= 0.6 is 11.6 Å². The number of piperidine rings is 1. The van der Waals surface area contributed by atoms with Gasteiger partial charge in [0.1, 0.15) is 0 Å². The van der Waals surface area contributed by atoms with Crippen molar-refractivity contribution in [2.45, 2.75) is 45.6 Å². The van der Waals surface area contributed by atoms with Gasteiger partial charge in [-0.25, -0.2) is 4.79 Å². The van der Waals surface area contributed by atoms with Crippen LogP contribution < -0.4 is 20.5 Å². The third kappa shape index (κ3) is 5.66. The van der Waals surface area contributed by atoms with E-state index in [2.05, 4.69) is 5.32 Å². The summed E-state index contributed by atoms with van der Waals surface area (Å²) in [6.07, 6.45) is 3.58. The van der Waals surface area contributed by atoms with E-state index in [-0.39, 0.29) is 11.9 Å². The molecule has 1 aromatic carbocycles. The van der Waals surface area contributed by atoms with Crippen molar-refractivity contribution in [1.29, 1.82) is 0 Å². The number of hydrogen-bond donors (Lipinski definition) is 2. The third-order valence-corrected chi connectivity index (χ3v) is 4.69. The minimum Gasteiger partial charge on any atom is -0.490 e. The number of nitrogens with zero attached hydrogens (tertiary/aromatic N) is 1. The summed E-state index contributed by atoms with van der Waals surface area (Å²) >= 11 is 6.38. The molecule has 7 nitrogen and oxygen atoms in total.